The van der Waals surface area contributed by atoms with Crippen molar-refractivity contribution in [2.75, 3.05) is 46.5 Å². The van der Waals surface area contributed by atoms with Crippen molar-refractivity contribution in [2.24, 2.45) is 0 Å². The van der Waals surface area contributed by atoms with Crippen LogP contribution in [0.15, 0.2) is 29.2 Å². The summed E-state index contributed by atoms with van der Waals surface area (Å²) in [7, 11) is 1.61. The SMILES string of the molecule is COc1ccc(C2=C(SC(C)C)C(=O)N(CCCN3CCOCC3)C2=O)cc1. The lowest BCUT2D eigenvalue weighted by Gasteiger charge is -2.27. The Hall–Kier alpha value is -1.83. The first kappa shape index (κ1) is 20.9. The standard InChI is InChI=1S/C21H28N2O4S/c1-15(2)28-19-18(16-5-7-17(26-3)8-6-16)20(24)23(21(19)25)10-4-9-22-11-13-27-14-12-22/h5-8,15H,4,9-14H2,1-3H3. The Labute approximate surface area is 170 Å². The first-order valence-corrected chi connectivity index (χ1v) is 10.6. The van der Waals surface area contributed by atoms with Gasteiger partial charge >= 0.3 is 0 Å². The smallest absolute Gasteiger partial charge is 0.267 e. The van der Waals surface area contributed by atoms with Crippen molar-refractivity contribution < 1.29 is 19.1 Å². The molecule has 28 heavy (non-hydrogen) atoms. The van der Waals surface area contributed by atoms with Crippen LogP contribution in [0, 0.1) is 0 Å². The second-order valence-corrected chi connectivity index (χ2v) is 8.76. The number of morpholine rings is 1. The van der Waals surface area contributed by atoms with Gasteiger partial charge in [-0.2, -0.15) is 0 Å². The number of rotatable bonds is 8. The highest BCUT2D eigenvalue weighted by molar-refractivity contribution is 8.04. The number of carbonyl (C=O) groups is 2. The molecule has 0 saturated carbocycles. The minimum atomic E-state index is -0.194. The lowest BCUT2D eigenvalue weighted by atomic mass is 10.1. The molecule has 1 aromatic rings. The molecule has 1 fully saturated rings. The Morgan fingerprint density at radius 2 is 1.75 bits per heavy atom. The lowest BCUT2D eigenvalue weighted by Crippen LogP contribution is -2.39. The largest absolute Gasteiger partial charge is 0.497 e. The monoisotopic (exact) mass is 404 g/mol. The molecule has 1 saturated heterocycles. The highest BCUT2D eigenvalue weighted by atomic mass is 32.2. The van der Waals surface area contributed by atoms with Crippen molar-refractivity contribution in [2.45, 2.75) is 25.5 Å². The fourth-order valence-electron chi connectivity index (χ4n) is 3.39. The van der Waals surface area contributed by atoms with Gasteiger partial charge < -0.3 is 9.47 Å². The minimum absolute atomic E-state index is 0.170. The summed E-state index contributed by atoms with van der Waals surface area (Å²) in [6.45, 7) is 8.68. The van der Waals surface area contributed by atoms with Crippen LogP contribution in [-0.2, 0) is 14.3 Å². The molecule has 1 aromatic carbocycles. The Morgan fingerprint density at radius 1 is 1.07 bits per heavy atom. The molecule has 0 atom stereocenters. The number of carbonyl (C=O) groups excluding carboxylic acids is 2. The van der Waals surface area contributed by atoms with Crippen LogP contribution in [-0.4, -0.2) is 73.4 Å². The molecule has 2 aliphatic rings. The fraction of sp³-hybridized carbons (Fsp3) is 0.524. The zero-order chi connectivity index (χ0) is 20.1. The van der Waals surface area contributed by atoms with E-state index in [1.807, 2.05) is 38.1 Å². The zero-order valence-corrected chi connectivity index (χ0v) is 17.6. The molecule has 0 spiro atoms. The van der Waals surface area contributed by atoms with Gasteiger partial charge in [0.15, 0.2) is 0 Å². The van der Waals surface area contributed by atoms with Crippen LogP contribution < -0.4 is 4.74 Å². The lowest BCUT2D eigenvalue weighted by molar-refractivity contribution is -0.136. The highest BCUT2D eigenvalue weighted by Gasteiger charge is 2.39. The summed E-state index contributed by atoms with van der Waals surface area (Å²) in [6.07, 6.45) is 0.771. The van der Waals surface area contributed by atoms with E-state index in [1.54, 1.807) is 7.11 Å². The second-order valence-electron chi connectivity index (χ2n) is 7.17. The molecule has 2 heterocycles. The summed E-state index contributed by atoms with van der Waals surface area (Å²) >= 11 is 1.46. The molecule has 3 rings (SSSR count). The van der Waals surface area contributed by atoms with Crippen molar-refractivity contribution in [3.05, 3.63) is 34.7 Å². The van der Waals surface area contributed by atoms with Crippen LogP contribution in [0.4, 0.5) is 0 Å². The third-order valence-corrected chi connectivity index (χ3v) is 5.90. The van der Waals surface area contributed by atoms with Gasteiger partial charge in [-0.1, -0.05) is 26.0 Å². The first-order valence-electron chi connectivity index (χ1n) is 9.73. The molecular formula is C21H28N2O4S. The average Bonchev–Trinajstić information content (AvgIpc) is 2.92. The third-order valence-electron chi connectivity index (χ3n) is 4.82. The maximum atomic E-state index is 13.1. The second kappa shape index (κ2) is 9.58. The van der Waals surface area contributed by atoms with E-state index < -0.39 is 0 Å². The van der Waals surface area contributed by atoms with E-state index in [0.29, 0.717) is 17.0 Å². The Bertz CT molecular complexity index is 739. The Balaban J connectivity index is 1.74. The van der Waals surface area contributed by atoms with Gasteiger partial charge in [-0.3, -0.25) is 19.4 Å². The van der Waals surface area contributed by atoms with Gasteiger partial charge in [-0.25, -0.2) is 0 Å². The fourth-order valence-corrected chi connectivity index (χ4v) is 4.40. The van der Waals surface area contributed by atoms with E-state index in [9.17, 15) is 9.59 Å². The molecule has 2 aliphatic heterocycles. The summed E-state index contributed by atoms with van der Waals surface area (Å²) in [5.41, 5.74) is 1.27. The van der Waals surface area contributed by atoms with Gasteiger partial charge in [0, 0.05) is 31.4 Å². The number of thioether (sulfide) groups is 1. The molecule has 152 valence electrons. The molecule has 6 nitrogen and oxygen atoms in total. The van der Waals surface area contributed by atoms with Gasteiger partial charge in [0.25, 0.3) is 11.8 Å². The molecule has 0 unspecified atom stereocenters. The van der Waals surface area contributed by atoms with Crippen molar-refractivity contribution in [1.82, 2.24) is 9.80 Å². The van der Waals surface area contributed by atoms with Crippen molar-refractivity contribution >= 4 is 29.1 Å². The molecule has 0 bridgehead atoms. The molecule has 7 heteroatoms. The van der Waals surface area contributed by atoms with E-state index in [2.05, 4.69) is 4.90 Å². The number of methoxy groups -OCH3 is 1. The van der Waals surface area contributed by atoms with E-state index in [-0.39, 0.29) is 17.1 Å². The van der Waals surface area contributed by atoms with Crippen molar-refractivity contribution in [3.8, 4) is 5.75 Å². The van der Waals surface area contributed by atoms with Crippen molar-refractivity contribution in [1.29, 1.82) is 0 Å². The predicted octanol–water partition coefficient (Wildman–Crippen LogP) is 2.64. The quantitative estimate of drug-likeness (QED) is 0.621. The maximum Gasteiger partial charge on any atom is 0.267 e. The van der Waals surface area contributed by atoms with Crippen LogP contribution in [0.1, 0.15) is 25.8 Å². The van der Waals surface area contributed by atoms with E-state index in [4.69, 9.17) is 9.47 Å². The third kappa shape index (κ3) is 4.77. The Morgan fingerprint density at radius 3 is 2.36 bits per heavy atom. The minimum Gasteiger partial charge on any atom is -0.497 e. The van der Waals surface area contributed by atoms with Crippen LogP contribution in [0.5, 0.6) is 5.75 Å². The number of imide groups is 1. The van der Waals surface area contributed by atoms with Crippen LogP contribution in [0.2, 0.25) is 0 Å². The van der Waals surface area contributed by atoms with Gasteiger partial charge in [0.2, 0.25) is 0 Å². The Kier molecular flexibility index (Phi) is 7.15. The van der Waals surface area contributed by atoms with Crippen LogP contribution in [0.3, 0.4) is 0 Å². The van der Waals surface area contributed by atoms with E-state index in [0.717, 1.165) is 50.6 Å². The van der Waals surface area contributed by atoms with Gasteiger partial charge in [0.1, 0.15) is 5.75 Å². The molecule has 0 aromatic heterocycles. The number of hydrogen-bond donors (Lipinski definition) is 0. The topological polar surface area (TPSA) is 59.1 Å². The van der Waals surface area contributed by atoms with Gasteiger partial charge in [-0.05, 0) is 24.1 Å². The highest BCUT2D eigenvalue weighted by Crippen LogP contribution is 2.38. The number of hydrogen-bond acceptors (Lipinski definition) is 6. The average molecular weight is 405 g/mol. The molecule has 0 radical (unpaired) electrons. The summed E-state index contributed by atoms with van der Waals surface area (Å²) in [4.78, 5) is 30.4. The van der Waals surface area contributed by atoms with Crippen molar-refractivity contribution in [3.63, 3.8) is 0 Å². The summed E-state index contributed by atoms with van der Waals surface area (Å²) in [5, 5.41) is 0.216. The predicted molar refractivity (Wildman–Crippen MR) is 111 cm³/mol. The first-order chi connectivity index (χ1) is 13.5. The number of benzene rings is 1. The zero-order valence-electron chi connectivity index (χ0n) is 16.8. The van der Waals surface area contributed by atoms with Gasteiger partial charge in [-0.15, -0.1) is 11.8 Å². The molecular weight excluding hydrogens is 376 g/mol. The number of amides is 2. The summed E-state index contributed by atoms with van der Waals surface area (Å²) in [5.74, 6) is 0.360. The van der Waals surface area contributed by atoms with E-state index >= 15 is 0 Å². The van der Waals surface area contributed by atoms with E-state index in [1.165, 1.54) is 16.7 Å². The van der Waals surface area contributed by atoms with Crippen LogP contribution >= 0.6 is 11.8 Å². The molecule has 2 amide bonds. The summed E-state index contributed by atoms with van der Waals surface area (Å²) < 4.78 is 10.6. The number of ether oxygens (including phenoxy) is 2. The number of nitrogens with zero attached hydrogens (tertiary/aromatic N) is 2. The maximum absolute atomic E-state index is 13.1. The normalized spacial score (nSPS) is 18.5. The summed E-state index contributed by atoms with van der Waals surface area (Å²) in [6, 6.07) is 7.33. The van der Waals surface area contributed by atoms with Crippen LogP contribution in [0.25, 0.3) is 5.57 Å². The molecule has 0 N–H and O–H groups in total. The van der Waals surface area contributed by atoms with Gasteiger partial charge in [0.05, 0.1) is 30.8 Å². The molecule has 0 aliphatic carbocycles.